The highest BCUT2D eigenvalue weighted by Crippen LogP contribution is 2.22. The van der Waals surface area contributed by atoms with Gasteiger partial charge in [-0.3, -0.25) is 4.79 Å². The summed E-state index contributed by atoms with van der Waals surface area (Å²) in [4.78, 5) is 12.6. The highest BCUT2D eigenvalue weighted by Gasteiger charge is 2.30. The monoisotopic (exact) mass is 276 g/mol. The molecule has 4 nitrogen and oxygen atoms in total. The van der Waals surface area contributed by atoms with Gasteiger partial charge in [0.2, 0.25) is 0 Å². The Morgan fingerprint density at radius 3 is 2.90 bits per heavy atom. The van der Waals surface area contributed by atoms with Gasteiger partial charge in [0.15, 0.2) is 0 Å². The van der Waals surface area contributed by atoms with Gasteiger partial charge in [0.05, 0.1) is 17.7 Å². The Balaban J connectivity index is 2.17. The van der Waals surface area contributed by atoms with Gasteiger partial charge in [-0.25, -0.2) is 0 Å². The number of rotatable bonds is 4. The molecule has 0 aliphatic carbocycles. The summed E-state index contributed by atoms with van der Waals surface area (Å²) in [6, 6.07) is 5.91. The number of hydrogen-bond donors (Lipinski definition) is 2. The van der Waals surface area contributed by atoms with Crippen LogP contribution in [0.5, 0.6) is 0 Å². The average Bonchev–Trinajstić information content (AvgIpc) is 2.41. The number of benzene rings is 1. The van der Waals surface area contributed by atoms with Crippen LogP contribution in [0.25, 0.3) is 0 Å². The van der Waals surface area contributed by atoms with E-state index in [1.807, 2.05) is 39.0 Å². The molecule has 0 bridgehead atoms. The third kappa shape index (κ3) is 3.51. The van der Waals surface area contributed by atoms with Crippen LogP contribution in [-0.2, 0) is 4.74 Å². The van der Waals surface area contributed by atoms with E-state index in [1.165, 1.54) is 0 Å². The molecule has 1 aliphatic heterocycles. The van der Waals surface area contributed by atoms with Gasteiger partial charge in [0, 0.05) is 18.8 Å². The maximum absolute atomic E-state index is 12.6. The lowest BCUT2D eigenvalue weighted by Gasteiger charge is -2.34. The lowest BCUT2D eigenvalue weighted by Crippen LogP contribution is -2.51. The number of ether oxygens (including phenoxy) is 1. The molecule has 20 heavy (non-hydrogen) atoms. The van der Waals surface area contributed by atoms with E-state index in [0.717, 1.165) is 37.2 Å². The van der Waals surface area contributed by atoms with E-state index in [1.54, 1.807) is 0 Å². The fraction of sp³-hybridized carbons (Fsp3) is 0.562. The Kier molecular flexibility index (Phi) is 4.65. The van der Waals surface area contributed by atoms with Gasteiger partial charge in [-0.1, -0.05) is 11.6 Å². The molecule has 1 unspecified atom stereocenters. The predicted octanol–water partition coefficient (Wildman–Crippen LogP) is 2.73. The van der Waals surface area contributed by atoms with Crippen molar-refractivity contribution in [1.82, 2.24) is 5.32 Å². The molecule has 1 fully saturated rings. The average molecular weight is 276 g/mol. The molecule has 2 rings (SSSR count). The molecule has 110 valence electrons. The SMILES string of the molecule is CCNc1ccc(C)cc1C(=O)NC1(C)CCCOC1. The van der Waals surface area contributed by atoms with Crippen LogP contribution in [0, 0.1) is 6.92 Å². The first-order chi connectivity index (χ1) is 9.54. The summed E-state index contributed by atoms with van der Waals surface area (Å²) in [5.74, 6) is -0.0300. The topological polar surface area (TPSA) is 50.4 Å². The molecule has 0 spiro atoms. The minimum atomic E-state index is -0.261. The lowest BCUT2D eigenvalue weighted by atomic mass is 9.94. The zero-order valence-corrected chi connectivity index (χ0v) is 12.6. The molecule has 1 aliphatic rings. The van der Waals surface area contributed by atoms with Gasteiger partial charge in [-0.2, -0.15) is 0 Å². The minimum Gasteiger partial charge on any atom is -0.385 e. The third-order valence-electron chi connectivity index (χ3n) is 3.64. The quantitative estimate of drug-likeness (QED) is 0.889. The van der Waals surface area contributed by atoms with E-state index in [2.05, 4.69) is 10.6 Å². The normalized spacial score (nSPS) is 22.4. The van der Waals surface area contributed by atoms with Gasteiger partial charge < -0.3 is 15.4 Å². The molecule has 0 radical (unpaired) electrons. The molecule has 0 aromatic heterocycles. The number of anilines is 1. The molecule has 1 amide bonds. The van der Waals surface area contributed by atoms with E-state index in [4.69, 9.17) is 4.74 Å². The first-order valence-electron chi connectivity index (χ1n) is 7.29. The highest BCUT2D eigenvalue weighted by atomic mass is 16.5. The van der Waals surface area contributed by atoms with Crippen molar-refractivity contribution in [2.45, 2.75) is 39.2 Å². The fourth-order valence-corrected chi connectivity index (χ4v) is 2.56. The maximum atomic E-state index is 12.6. The fourth-order valence-electron chi connectivity index (χ4n) is 2.56. The van der Waals surface area contributed by atoms with Crippen LogP contribution in [0.1, 0.15) is 42.6 Å². The second-order valence-electron chi connectivity index (χ2n) is 5.75. The summed E-state index contributed by atoms with van der Waals surface area (Å²) < 4.78 is 5.49. The van der Waals surface area contributed by atoms with E-state index in [9.17, 15) is 4.79 Å². The smallest absolute Gasteiger partial charge is 0.253 e. The Labute approximate surface area is 120 Å². The van der Waals surface area contributed by atoms with Crippen molar-refractivity contribution in [2.24, 2.45) is 0 Å². The number of hydrogen-bond acceptors (Lipinski definition) is 3. The lowest BCUT2D eigenvalue weighted by molar-refractivity contribution is 0.0273. The summed E-state index contributed by atoms with van der Waals surface area (Å²) in [5, 5.41) is 6.38. The van der Waals surface area contributed by atoms with Crippen molar-refractivity contribution in [3.8, 4) is 0 Å². The first kappa shape index (κ1) is 14.9. The number of amides is 1. The molecule has 4 heteroatoms. The second-order valence-corrected chi connectivity index (χ2v) is 5.75. The molecular formula is C16H24N2O2. The Hall–Kier alpha value is -1.55. The van der Waals surface area contributed by atoms with Crippen molar-refractivity contribution in [2.75, 3.05) is 25.1 Å². The molecule has 1 heterocycles. The van der Waals surface area contributed by atoms with Crippen LogP contribution in [0.2, 0.25) is 0 Å². The number of aryl methyl sites for hydroxylation is 1. The maximum Gasteiger partial charge on any atom is 0.253 e. The molecule has 1 saturated heterocycles. The molecular weight excluding hydrogens is 252 g/mol. The predicted molar refractivity (Wildman–Crippen MR) is 81.3 cm³/mol. The Bertz CT molecular complexity index is 479. The van der Waals surface area contributed by atoms with E-state index < -0.39 is 0 Å². The summed E-state index contributed by atoms with van der Waals surface area (Å²) in [7, 11) is 0. The van der Waals surface area contributed by atoms with E-state index in [-0.39, 0.29) is 11.4 Å². The number of carbonyl (C=O) groups is 1. The third-order valence-corrected chi connectivity index (χ3v) is 3.64. The van der Waals surface area contributed by atoms with Crippen LogP contribution in [0.3, 0.4) is 0 Å². The zero-order valence-electron chi connectivity index (χ0n) is 12.6. The van der Waals surface area contributed by atoms with Crippen molar-refractivity contribution < 1.29 is 9.53 Å². The van der Waals surface area contributed by atoms with Crippen LogP contribution >= 0.6 is 0 Å². The van der Waals surface area contributed by atoms with Crippen LogP contribution in [0.15, 0.2) is 18.2 Å². The highest BCUT2D eigenvalue weighted by molar-refractivity contribution is 6.00. The molecule has 1 aromatic carbocycles. The summed E-state index contributed by atoms with van der Waals surface area (Å²) >= 11 is 0. The second kappa shape index (κ2) is 6.27. The van der Waals surface area contributed by atoms with Crippen molar-refractivity contribution in [3.63, 3.8) is 0 Å². The summed E-state index contributed by atoms with van der Waals surface area (Å²) in [6.07, 6.45) is 1.95. The minimum absolute atomic E-state index is 0.0300. The van der Waals surface area contributed by atoms with Crippen molar-refractivity contribution >= 4 is 11.6 Å². The number of nitrogens with one attached hydrogen (secondary N) is 2. The van der Waals surface area contributed by atoms with Crippen molar-refractivity contribution in [3.05, 3.63) is 29.3 Å². The largest absolute Gasteiger partial charge is 0.385 e. The summed E-state index contributed by atoms with van der Waals surface area (Å²) in [5.41, 5.74) is 2.42. The van der Waals surface area contributed by atoms with Gasteiger partial charge in [-0.15, -0.1) is 0 Å². The van der Waals surface area contributed by atoms with E-state index in [0.29, 0.717) is 12.2 Å². The molecule has 1 atom stereocenters. The summed E-state index contributed by atoms with van der Waals surface area (Å²) in [6.45, 7) is 8.24. The van der Waals surface area contributed by atoms with Crippen LogP contribution in [0.4, 0.5) is 5.69 Å². The van der Waals surface area contributed by atoms with Gasteiger partial charge >= 0.3 is 0 Å². The number of carbonyl (C=O) groups excluding carboxylic acids is 1. The molecule has 2 N–H and O–H groups in total. The zero-order chi connectivity index (χ0) is 14.6. The standard InChI is InChI=1S/C16H24N2O2/c1-4-17-14-7-6-12(2)10-13(14)15(19)18-16(3)8-5-9-20-11-16/h6-7,10,17H,4-5,8-9,11H2,1-3H3,(H,18,19). The van der Waals surface area contributed by atoms with Gasteiger partial charge in [0.25, 0.3) is 5.91 Å². The Morgan fingerprint density at radius 1 is 1.45 bits per heavy atom. The van der Waals surface area contributed by atoms with Crippen LogP contribution < -0.4 is 10.6 Å². The first-order valence-corrected chi connectivity index (χ1v) is 7.29. The van der Waals surface area contributed by atoms with Crippen molar-refractivity contribution in [1.29, 1.82) is 0 Å². The van der Waals surface area contributed by atoms with Gasteiger partial charge in [0.1, 0.15) is 0 Å². The molecule has 0 saturated carbocycles. The van der Waals surface area contributed by atoms with E-state index >= 15 is 0 Å². The van der Waals surface area contributed by atoms with Gasteiger partial charge in [-0.05, 0) is 45.7 Å². The van der Waals surface area contributed by atoms with Crippen LogP contribution in [-0.4, -0.2) is 31.2 Å². The Morgan fingerprint density at radius 2 is 2.25 bits per heavy atom. The molecule has 1 aromatic rings.